The number of fused-ring (bicyclic) bond motifs is 3. The first-order valence-electron chi connectivity index (χ1n) is 9.50. The monoisotopic (exact) mass is 400 g/mol. The van der Waals surface area contributed by atoms with Crippen LogP contribution in [0.2, 0.25) is 0 Å². The van der Waals surface area contributed by atoms with Crippen LogP contribution in [0.5, 0.6) is 0 Å². The third kappa shape index (κ3) is 3.61. The van der Waals surface area contributed by atoms with Crippen molar-refractivity contribution in [3.05, 3.63) is 47.8 Å². The molecule has 1 aromatic carbocycles. The van der Waals surface area contributed by atoms with Crippen molar-refractivity contribution in [1.29, 1.82) is 0 Å². The zero-order valence-corrected chi connectivity index (χ0v) is 16.8. The summed E-state index contributed by atoms with van der Waals surface area (Å²) in [4.78, 5) is 23.1. The Kier molecular flexibility index (Phi) is 4.82. The number of benzene rings is 1. The third-order valence-electron chi connectivity index (χ3n) is 5.30. The van der Waals surface area contributed by atoms with Crippen LogP contribution in [0, 0.1) is 5.92 Å². The summed E-state index contributed by atoms with van der Waals surface area (Å²) in [5.41, 5.74) is 2.24. The Morgan fingerprint density at radius 3 is 2.71 bits per heavy atom. The molecule has 0 unspecified atom stereocenters. The van der Waals surface area contributed by atoms with Crippen molar-refractivity contribution in [2.24, 2.45) is 5.92 Å². The van der Waals surface area contributed by atoms with Crippen molar-refractivity contribution in [2.45, 2.75) is 37.2 Å². The Morgan fingerprint density at radius 1 is 1.25 bits per heavy atom. The molecule has 1 amide bonds. The van der Waals surface area contributed by atoms with Gasteiger partial charge in [-0.05, 0) is 18.1 Å². The summed E-state index contributed by atoms with van der Waals surface area (Å²) in [6, 6.07) is 9.59. The van der Waals surface area contributed by atoms with E-state index >= 15 is 0 Å². The fraction of sp³-hybridized carbons (Fsp3) is 0.450. The highest BCUT2D eigenvalue weighted by Gasteiger charge is 2.48. The zero-order valence-electron chi connectivity index (χ0n) is 16.0. The van der Waals surface area contributed by atoms with E-state index < -0.39 is 15.1 Å². The molecule has 148 valence electrons. The van der Waals surface area contributed by atoms with E-state index in [4.69, 9.17) is 0 Å². The fourth-order valence-electron chi connectivity index (χ4n) is 3.97. The van der Waals surface area contributed by atoms with Gasteiger partial charge in [0.05, 0.1) is 16.7 Å². The van der Waals surface area contributed by atoms with E-state index in [2.05, 4.69) is 15.3 Å². The molecule has 1 saturated heterocycles. The SMILES string of the molecule is CC(C)CC(=O)N1C[C@H]2c3nc(Nc4ccccc4)ncc3CS(=O)(=O)[C@H]2C1. The maximum absolute atomic E-state index is 12.8. The number of amides is 1. The maximum atomic E-state index is 12.8. The van der Waals surface area contributed by atoms with E-state index in [9.17, 15) is 13.2 Å². The van der Waals surface area contributed by atoms with Gasteiger partial charge in [0.15, 0.2) is 9.84 Å². The van der Waals surface area contributed by atoms with E-state index in [1.165, 1.54) is 0 Å². The Hall–Kier alpha value is -2.48. The number of hydrogen-bond donors (Lipinski definition) is 1. The number of carbonyl (C=O) groups is 1. The van der Waals surface area contributed by atoms with Gasteiger partial charge in [0.2, 0.25) is 11.9 Å². The Morgan fingerprint density at radius 2 is 2.00 bits per heavy atom. The van der Waals surface area contributed by atoms with Gasteiger partial charge in [0.25, 0.3) is 0 Å². The van der Waals surface area contributed by atoms with E-state index in [-0.39, 0.29) is 30.0 Å². The minimum Gasteiger partial charge on any atom is -0.341 e. The van der Waals surface area contributed by atoms with Crippen LogP contribution < -0.4 is 5.32 Å². The second-order valence-electron chi connectivity index (χ2n) is 7.94. The first-order valence-corrected chi connectivity index (χ1v) is 11.2. The summed E-state index contributed by atoms with van der Waals surface area (Å²) in [6.45, 7) is 4.62. The number of sulfone groups is 1. The first kappa shape index (κ1) is 18.9. The lowest BCUT2D eigenvalue weighted by atomic mass is 10.00. The van der Waals surface area contributed by atoms with Crippen molar-refractivity contribution < 1.29 is 13.2 Å². The van der Waals surface area contributed by atoms with Gasteiger partial charge in [0, 0.05) is 42.9 Å². The van der Waals surface area contributed by atoms with E-state index in [1.54, 1.807) is 11.1 Å². The zero-order chi connectivity index (χ0) is 19.9. The Labute approximate surface area is 165 Å². The van der Waals surface area contributed by atoms with Crippen LogP contribution in [0.1, 0.15) is 37.4 Å². The lowest BCUT2D eigenvalue weighted by Gasteiger charge is -2.26. The number of nitrogens with zero attached hydrogens (tertiary/aromatic N) is 3. The number of anilines is 2. The lowest BCUT2D eigenvalue weighted by Crippen LogP contribution is -2.35. The molecule has 0 radical (unpaired) electrons. The molecule has 3 heterocycles. The molecule has 2 aliphatic rings. The molecule has 0 bridgehead atoms. The molecule has 2 atom stereocenters. The molecule has 1 fully saturated rings. The van der Waals surface area contributed by atoms with Crippen molar-refractivity contribution >= 4 is 27.4 Å². The van der Waals surface area contributed by atoms with Crippen molar-refractivity contribution in [2.75, 3.05) is 18.4 Å². The second kappa shape index (κ2) is 7.16. The molecule has 2 aromatic rings. The van der Waals surface area contributed by atoms with Crippen molar-refractivity contribution in [1.82, 2.24) is 14.9 Å². The van der Waals surface area contributed by atoms with Crippen LogP contribution in [0.15, 0.2) is 36.5 Å². The topological polar surface area (TPSA) is 92.3 Å². The number of carbonyl (C=O) groups excluding carboxylic acids is 1. The second-order valence-corrected chi connectivity index (χ2v) is 10.2. The molecule has 1 N–H and O–H groups in total. The molecule has 1 aromatic heterocycles. The molecule has 28 heavy (non-hydrogen) atoms. The van der Waals surface area contributed by atoms with Gasteiger partial charge < -0.3 is 10.2 Å². The number of aromatic nitrogens is 2. The third-order valence-corrected chi connectivity index (χ3v) is 7.41. The highest BCUT2D eigenvalue weighted by Crippen LogP contribution is 2.39. The lowest BCUT2D eigenvalue weighted by molar-refractivity contribution is -0.130. The van der Waals surface area contributed by atoms with Crippen LogP contribution >= 0.6 is 0 Å². The van der Waals surface area contributed by atoms with E-state index in [1.807, 2.05) is 44.2 Å². The van der Waals surface area contributed by atoms with Crippen LogP contribution in [-0.2, 0) is 20.4 Å². The Balaban J connectivity index is 1.64. The normalized spacial score (nSPS) is 22.6. The highest BCUT2D eigenvalue weighted by molar-refractivity contribution is 7.91. The highest BCUT2D eigenvalue weighted by atomic mass is 32.2. The quantitative estimate of drug-likeness (QED) is 0.848. The largest absolute Gasteiger partial charge is 0.341 e. The molecule has 4 rings (SSSR count). The molecule has 7 nitrogen and oxygen atoms in total. The number of nitrogens with one attached hydrogen (secondary N) is 1. The summed E-state index contributed by atoms with van der Waals surface area (Å²) in [6.07, 6.45) is 2.02. The van der Waals surface area contributed by atoms with Gasteiger partial charge in [-0.3, -0.25) is 4.79 Å². The van der Waals surface area contributed by atoms with Crippen LogP contribution in [0.4, 0.5) is 11.6 Å². The first-order chi connectivity index (χ1) is 13.3. The summed E-state index contributed by atoms with van der Waals surface area (Å²) < 4.78 is 25.6. The molecule has 8 heteroatoms. The van der Waals surface area contributed by atoms with Crippen LogP contribution in [0.3, 0.4) is 0 Å². The average molecular weight is 401 g/mol. The van der Waals surface area contributed by atoms with Gasteiger partial charge in [0.1, 0.15) is 0 Å². The molecular formula is C20H24N4O3S. The van der Waals surface area contributed by atoms with Crippen molar-refractivity contribution in [3.63, 3.8) is 0 Å². The maximum Gasteiger partial charge on any atom is 0.227 e. The van der Waals surface area contributed by atoms with Crippen LogP contribution in [0.25, 0.3) is 0 Å². The number of rotatable bonds is 4. The fourth-order valence-corrected chi connectivity index (χ4v) is 5.96. The van der Waals surface area contributed by atoms with E-state index in [0.29, 0.717) is 24.5 Å². The minimum atomic E-state index is -3.33. The summed E-state index contributed by atoms with van der Waals surface area (Å²) in [7, 11) is -3.33. The predicted octanol–water partition coefficient (Wildman–Crippen LogP) is 2.49. The number of hydrogen-bond acceptors (Lipinski definition) is 6. The number of likely N-dealkylation sites (tertiary alicyclic amines) is 1. The molecule has 0 aliphatic carbocycles. The van der Waals surface area contributed by atoms with Gasteiger partial charge in [-0.2, -0.15) is 0 Å². The Bertz CT molecular complexity index is 992. The smallest absolute Gasteiger partial charge is 0.227 e. The predicted molar refractivity (Wildman–Crippen MR) is 107 cm³/mol. The molecule has 0 saturated carbocycles. The minimum absolute atomic E-state index is 0.0119. The van der Waals surface area contributed by atoms with Gasteiger partial charge >= 0.3 is 0 Å². The van der Waals surface area contributed by atoms with Crippen LogP contribution in [-0.4, -0.2) is 47.5 Å². The standard InChI is InChI=1S/C20H24N4O3S/c1-13(2)8-18(25)24-10-16-17(11-24)28(26,27)12-14-9-21-20(23-19(14)16)22-15-6-4-3-5-7-15/h3-7,9,13,16-17H,8,10-12H2,1-2H3,(H,21,22,23)/t16-,17+/m1/s1. The molecule has 2 aliphatic heterocycles. The van der Waals surface area contributed by atoms with Gasteiger partial charge in [-0.25, -0.2) is 18.4 Å². The number of para-hydroxylation sites is 1. The summed E-state index contributed by atoms with van der Waals surface area (Å²) in [5.74, 6) is 0.321. The van der Waals surface area contributed by atoms with Crippen molar-refractivity contribution in [3.8, 4) is 0 Å². The summed E-state index contributed by atoms with van der Waals surface area (Å²) >= 11 is 0. The average Bonchev–Trinajstić information content (AvgIpc) is 3.10. The molecule has 0 spiro atoms. The summed E-state index contributed by atoms with van der Waals surface area (Å²) in [5, 5.41) is 2.58. The van der Waals surface area contributed by atoms with E-state index in [0.717, 1.165) is 11.4 Å². The van der Waals surface area contributed by atoms with Gasteiger partial charge in [-0.1, -0.05) is 32.0 Å². The molecular weight excluding hydrogens is 376 g/mol. The van der Waals surface area contributed by atoms with Gasteiger partial charge in [-0.15, -0.1) is 0 Å².